The third-order valence-corrected chi connectivity index (χ3v) is 4.09. The SMILES string of the molecule is CCCn1c(-c2cc(F)ccc2Br)nnc1S(N)(=O)=O. The molecule has 0 radical (unpaired) electrons. The predicted octanol–water partition coefficient (Wildman–Crippen LogP) is 1.90. The number of aromatic nitrogens is 3. The van der Waals surface area contributed by atoms with Gasteiger partial charge >= 0.3 is 0 Å². The molecular weight excluding hydrogens is 351 g/mol. The first kappa shape index (κ1) is 15.1. The third kappa shape index (κ3) is 2.89. The number of primary sulfonamides is 1. The lowest BCUT2D eigenvalue weighted by Crippen LogP contribution is -2.19. The molecular formula is C11H12BrFN4O2S. The van der Waals surface area contributed by atoms with Gasteiger partial charge in [-0.15, -0.1) is 10.2 Å². The monoisotopic (exact) mass is 362 g/mol. The van der Waals surface area contributed by atoms with Crippen LogP contribution in [0.15, 0.2) is 27.8 Å². The van der Waals surface area contributed by atoms with Gasteiger partial charge in [-0.3, -0.25) is 4.57 Å². The normalized spacial score (nSPS) is 11.8. The highest BCUT2D eigenvalue weighted by Gasteiger charge is 2.22. The number of nitrogens with zero attached hydrogens (tertiary/aromatic N) is 3. The van der Waals surface area contributed by atoms with E-state index in [-0.39, 0.29) is 11.0 Å². The van der Waals surface area contributed by atoms with Gasteiger partial charge in [0.05, 0.1) is 0 Å². The molecule has 0 amide bonds. The van der Waals surface area contributed by atoms with Gasteiger partial charge in [0, 0.05) is 16.6 Å². The second-order valence-electron chi connectivity index (χ2n) is 4.13. The molecule has 0 saturated heterocycles. The molecule has 0 aliphatic heterocycles. The van der Waals surface area contributed by atoms with Crippen molar-refractivity contribution in [1.29, 1.82) is 0 Å². The highest BCUT2D eigenvalue weighted by atomic mass is 79.9. The minimum absolute atomic E-state index is 0.252. The summed E-state index contributed by atoms with van der Waals surface area (Å²) in [5, 5.41) is 12.2. The van der Waals surface area contributed by atoms with Crippen LogP contribution in [0.1, 0.15) is 13.3 Å². The topological polar surface area (TPSA) is 90.9 Å². The van der Waals surface area contributed by atoms with E-state index in [2.05, 4.69) is 26.1 Å². The Kier molecular flexibility index (Phi) is 4.21. The van der Waals surface area contributed by atoms with Gasteiger partial charge in [0.25, 0.3) is 15.2 Å². The standard InChI is InChI=1S/C11H12BrFN4O2S/c1-2-5-17-10(15-16-11(17)20(14,18)19)8-6-7(13)3-4-9(8)12/h3-4,6H,2,5H2,1H3,(H2,14,18,19). The molecule has 0 unspecified atom stereocenters. The number of rotatable bonds is 4. The van der Waals surface area contributed by atoms with Crippen LogP contribution in [0.3, 0.4) is 0 Å². The molecule has 9 heteroatoms. The average molecular weight is 363 g/mol. The number of sulfonamides is 1. The zero-order chi connectivity index (χ0) is 14.9. The molecule has 108 valence electrons. The lowest BCUT2D eigenvalue weighted by atomic mass is 10.2. The fourth-order valence-corrected chi connectivity index (χ4v) is 2.86. The van der Waals surface area contributed by atoms with Crippen LogP contribution in [-0.4, -0.2) is 23.2 Å². The summed E-state index contributed by atoms with van der Waals surface area (Å²) in [4.78, 5) is 0. The van der Waals surface area contributed by atoms with E-state index in [1.54, 1.807) is 0 Å². The Bertz CT molecular complexity index is 745. The summed E-state index contributed by atoms with van der Waals surface area (Å²) in [6.07, 6.45) is 0.653. The molecule has 1 aromatic heterocycles. The van der Waals surface area contributed by atoms with Crippen LogP contribution < -0.4 is 5.14 Å². The van der Waals surface area contributed by atoms with Crippen LogP contribution in [0.5, 0.6) is 0 Å². The fourth-order valence-electron chi connectivity index (χ4n) is 1.79. The van der Waals surface area contributed by atoms with Crippen molar-refractivity contribution in [2.75, 3.05) is 0 Å². The van der Waals surface area contributed by atoms with Crippen LogP contribution in [0.2, 0.25) is 0 Å². The first-order valence-electron chi connectivity index (χ1n) is 5.76. The zero-order valence-electron chi connectivity index (χ0n) is 10.5. The van der Waals surface area contributed by atoms with Crippen molar-refractivity contribution in [3.05, 3.63) is 28.5 Å². The maximum absolute atomic E-state index is 13.4. The molecule has 0 aliphatic rings. The Morgan fingerprint density at radius 2 is 2.10 bits per heavy atom. The molecule has 20 heavy (non-hydrogen) atoms. The van der Waals surface area contributed by atoms with Gasteiger partial charge in [-0.25, -0.2) is 17.9 Å². The minimum Gasteiger partial charge on any atom is -0.297 e. The quantitative estimate of drug-likeness (QED) is 0.898. The number of nitrogens with two attached hydrogens (primary N) is 1. The lowest BCUT2D eigenvalue weighted by molar-refractivity contribution is 0.559. The van der Waals surface area contributed by atoms with Crippen molar-refractivity contribution in [1.82, 2.24) is 14.8 Å². The van der Waals surface area contributed by atoms with Crippen LogP contribution in [0, 0.1) is 5.82 Å². The van der Waals surface area contributed by atoms with Gasteiger partial charge in [0.2, 0.25) is 0 Å². The molecule has 2 N–H and O–H groups in total. The number of hydrogen-bond acceptors (Lipinski definition) is 4. The van der Waals surface area contributed by atoms with Gasteiger partial charge in [0.15, 0.2) is 5.82 Å². The lowest BCUT2D eigenvalue weighted by Gasteiger charge is -2.09. The molecule has 2 aromatic rings. The summed E-state index contributed by atoms with van der Waals surface area (Å²) in [7, 11) is -3.99. The maximum atomic E-state index is 13.4. The molecule has 0 spiro atoms. The third-order valence-electron chi connectivity index (χ3n) is 2.59. The summed E-state index contributed by atoms with van der Waals surface area (Å²) < 4.78 is 38.3. The average Bonchev–Trinajstić information content (AvgIpc) is 2.76. The van der Waals surface area contributed by atoms with Crippen molar-refractivity contribution in [2.24, 2.45) is 5.14 Å². The van der Waals surface area contributed by atoms with E-state index >= 15 is 0 Å². The molecule has 0 saturated carbocycles. The van der Waals surface area contributed by atoms with E-state index in [4.69, 9.17) is 5.14 Å². The Labute approximate surface area is 124 Å². The first-order chi connectivity index (χ1) is 9.34. The molecule has 0 aliphatic carbocycles. The van der Waals surface area contributed by atoms with Crippen molar-refractivity contribution in [3.63, 3.8) is 0 Å². The zero-order valence-corrected chi connectivity index (χ0v) is 12.9. The summed E-state index contributed by atoms with van der Waals surface area (Å²) in [6, 6.07) is 4.06. The fraction of sp³-hybridized carbons (Fsp3) is 0.273. The first-order valence-corrected chi connectivity index (χ1v) is 8.10. The van der Waals surface area contributed by atoms with E-state index in [1.165, 1.54) is 22.8 Å². The van der Waals surface area contributed by atoms with Crippen molar-refractivity contribution in [3.8, 4) is 11.4 Å². The number of benzene rings is 1. The second kappa shape index (κ2) is 5.58. The molecule has 1 aromatic carbocycles. The van der Waals surface area contributed by atoms with Gasteiger partial charge < -0.3 is 0 Å². The summed E-state index contributed by atoms with van der Waals surface area (Å²) >= 11 is 3.28. The summed E-state index contributed by atoms with van der Waals surface area (Å²) in [5.74, 6) is -0.200. The van der Waals surface area contributed by atoms with Crippen LogP contribution >= 0.6 is 15.9 Å². The van der Waals surface area contributed by atoms with Gasteiger partial charge in [-0.2, -0.15) is 0 Å². The minimum atomic E-state index is -3.99. The highest BCUT2D eigenvalue weighted by molar-refractivity contribution is 9.10. The summed E-state index contributed by atoms with van der Waals surface area (Å²) in [5.41, 5.74) is 0.417. The Balaban J connectivity index is 2.69. The van der Waals surface area contributed by atoms with Crippen molar-refractivity contribution >= 4 is 26.0 Å². The Hall–Kier alpha value is -1.32. The molecule has 2 rings (SSSR count). The maximum Gasteiger partial charge on any atom is 0.273 e. The van der Waals surface area contributed by atoms with Crippen LogP contribution in [0.25, 0.3) is 11.4 Å². The van der Waals surface area contributed by atoms with Gasteiger partial charge in [-0.05, 0) is 24.6 Å². The molecule has 0 atom stereocenters. The van der Waals surface area contributed by atoms with Crippen molar-refractivity contribution in [2.45, 2.75) is 25.0 Å². The Morgan fingerprint density at radius 3 is 2.70 bits per heavy atom. The summed E-state index contributed by atoms with van der Waals surface area (Å²) in [6.45, 7) is 2.23. The highest BCUT2D eigenvalue weighted by Crippen LogP contribution is 2.29. The van der Waals surface area contributed by atoms with E-state index < -0.39 is 15.8 Å². The van der Waals surface area contributed by atoms with E-state index in [0.29, 0.717) is 23.0 Å². The van der Waals surface area contributed by atoms with Crippen molar-refractivity contribution < 1.29 is 12.8 Å². The smallest absolute Gasteiger partial charge is 0.273 e. The number of halogens is 2. The Morgan fingerprint density at radius 1 is 1.40 bits per heavy atom. The predicted molar refractivity (Wildman–Crippen MR) is 74.8 cm³/mol. The molecule has 0 fully saturated rings. The van der Waals surface area contributed by atoms with Gasteiger partial charge in [0.1, 0.15) is 5.82 Å². The number of hydrogen-bond donors (Lipinski definition) is 1. The van der Waals surface area contributed by atoms with Gasteiger partial charge in [-0.1, -0.05) is 22.9 Å². The van der Waals surface area contributed by atoms with Crippen LogP contribution in [0.4, 0.5) is 4.39 Å². The van der Waals surface area contributed by atoms with Crippen LogP contribution in [-0.2, 0) is 16.6 Å². The second-order valence-corrected chi connectivity index (χ2v) is 6.44. The van der Waals surface area contributed by atoms with E-state index in [0.717, 1.165) is 0 Å². The van der Waals surface area contributed by atoms with E-state index in [1.807, 2.05) is 6.92 Å². The largest absolute Gasteiger partial charge is 0.297 e. The molecule has 6 nitrogen and oxygen atoms in total. The molecule has 1 heterocycles. The van der Waals surface area contributed by atoms with E-state index in [9.17, 15) is 12.8 Å². The molecule has 0 bridgehead atoms.